The van der Waals surface area contributed by atoms with Crippen molar-refractivity contribution in [2.75, 3.05) is 0 Å². The van der Waals surface area contributed by atoms with Crippen molar-refractivity contribution in [1.82, 2.24) is 9.97 Å². The average Bonchev–Trinajstić information content (AvgIpc) is 2.75. The van der Waals surface area contributed by atoms with Gasteiger partial charge in [0.2, 0.25) is 0 Å². The minimum Gasteiger partial charge on any atom is -0.250 e. The standard InChI is InChI=1S/C23H14N2S2Si/c1-2-5-18-15(4-1)12-16-7-9-17(25-22(16)26-18)14-8-10-20-19(13-14)27-23-21(28-20)6-3-11-24-23/h1-11,13H,12H2. The Morgan fingerprint density at radius 1 is 0.750 bits per heavy atom. The van der Waals surface area contributed by atoms with Gasteiger partial charge in [-0.05, 0) is 45.8 Å². The summed E-state index contributed by atoms with van der Waals surface area (Å²) in [5.74, 6) is 0. The Bertz CT molecular complexity index is 1140. The molecule has 2 nitrogen and oxygen atoms in total. The van der Waals surface area contributed by atoms with Crippen LogP contribution in [0.15, 0.2) is 92.8 Å². The van der Waals surface area contributed by atoms with E-state index in [0.29, 0.717) is 9.52 Å². The summed E-state index contributed by atoms with van der Waals surface area (Å²) in [7, 11) is 0.675. The van der Waals surface area contributed by atoms with Crippen molar-refractivity contribution in [3.8, 4) is 11.3 Å². The van der Waals surface area contributed by atoms with E-state index >= 15 is 0 Å². The number of hydrogen-bond donors (Lipinski definition) is 0. The minimum atomic E-state index is 0.675. The van der Waals surface area contributed by atoms with Crippen LogP contribution < -0.4 is 10.4 Å². The van der Waals surface area contributed by atoms with Gasteiger partial charge in [0.1, 0.15) is 14.5 Å². The van der Waals surface area contributed by atoms with Crippen molar-refractivity contribution in [2.24, 2.45) is 0 Å². The van der Waals surface area contributed by atoms with Gasteiger partial charge in [0.05, 0.1) is 10.7 Å². The van der Waals surface area contributed by atoms with Crippen LogP contribution in [-0.4, -0.2) is 19.5 Å². The van der Waals surface area contributed by atoms with E-state index in [0.717, 1.165) is 22.2 Å². The van der Waals surface area contributed by atoms with E-state index in [2.05, 4.69) is 65.6 Å². The molecule has 0 N–H and O–H groups in total. The lowest BCUT2D eigenvalue weighted by molar-refractivity contribution is 0.980. The molecule has 4 aromatic rings. The van der Waals surface area contributed by atoms with Crippen molar-refractivity contribution >= 4 is 43.4 Å². The van der Waals surface area contributed by atoms with Crippen molar-refractivity contribution in [3.63, 3.8) is 0 Å². The summed E-state index contributed by atoms with van der Waals surface area (Å²) in [6, 6.07) is 24.0. The van der Waals surface area contributed by atoms with Gasteiger partial charge in [0.25, 0.3) is 0 Å². The van der Waals surface area contributed by atoms with Gasteiger partial charge in [-0.15, -0.1) is 0 Å². The van der Waals surface area contributed by atoms with Crippen molar-refractivity contribution < 1.29 is 0 Å². The molecule has 2 aromatic heterocycles. The predicted molar refractivity (Wildman–Crippen MR) is 116 cm³/mol. The topological polar surface area (TPSA) is 25.8 Å². The van der Waals surface area contributed by atoms with E-state index in [4.69, 9.17) is 4.98 Å². The molecule has 2 aliphatic rings. The highest BCUT2D eigenvalue weighted by molar-refractivity contribution is 8.00. The number of nitrogens with zero attached hydrogens (tertiary/aromatic N) is 2. The van der Waals surface area contributed by atoms with Gasteiger partial charge in [-0.3, -0.25) is 0 Å². The van der Waals surface area contributed by atoms with Crippen LogP contribution in [0.3, 0.4) is 0 Å². The number of pyridine rings is 2. The Labute approximate surface area is 174 Å². The molecule has 0 unspecified atom stereocenters. The number of aromatic nitrogens is 2. The second-order valence-electron chi connectivity index (χ2n) is 6.84. The van der Waals surface area contributed by atoms with Gasteiger partial charge in [-0.25, -0.2) is 9.97 Å². The molecular weight excluding hydrogens is 396 g/mol. The van der Waals surface area contributed by atoms with Crippen molar-refractivity contribution in [2.45, 2.75) is 26.3 Å². The molecule has 2 aromatic carbocycles. The zero-order chi connectivity index (χ0) is 18.5. The Morgan fingerprint density at radius 3 is 2.68 bits per heavy atom. The van der Waals surface area contributed by atoms with Crippen LogP contribution in [-0.2, 0) is 6.42 Å². The van der Waals surface area contributed by atoms with Gasteiger partial charge in [0.15, 0.2) is 0 Å². The minimum absolute atomic E-state index is 0.675. The molecule has 0 saturated heterocycles. The molecule has 6 rings (SSSR count). The summed E-state index contributed by atoms with van der Waals surface area (Å²) in [5.41, 5.74) is 4.94. The van der Waals surface area contributed by atoms with E-state index in [1.165, 1.54) is 36.9 Å². The van der Waals surface area contributed by atoms with E-state index < -0.39 is 0 Å². The zero-order valence-corrected chi connectivity index (χ0v) is 17.5. The first-order chi connectivity index (χ1) is 13.8. The average molecular weight is 411 g/mol. The smallest absolute Gasteiger partial charge is 0.126 e. The maximum absolute atomic E-state index is 5.02. The third kappa shape index (κ3) is 2.82. The van der Waals surface area contributed by atoms with E-state index in [-0.39, 0.29) is 0 Å². The van der Waals surface area contributed by atoms with Crippen LogP contribution in [0.1, 0.15) is 11.1 Å². The lowest BCUT2D eigenvalue weighted by Gasteiger charge is -2.20. The normalized spacial score (nSPS) is 13.9. The maximum atomic E-state index is 5.02. The van der Waals surface area contributed by atoms with Crippen LogP contribution >= 0.6 is 23.5 Å². The number of rotatable bonds is 1. The van der Waals surface area contributed by atoms with Gasteiger partial charge in [-0.1, -0.05) is 66.0 Å². The molecule has 2 aliphatic heterocycles. The van der Waals surface area contributed by atoms with Gasteiger partial charge in [0, 0.05) is 28.0 Å². The van der Waals surface area contributed by atoms with Gasteiger partial charge in [-0.2, -0.15) is 0 Å². The Kier molecular flexibility index (Phi) is 3.92. The Balaban J connectivity index is 1.36. The summed E-state index contributed by atoms with van der Waals surface area (Å²) in [4.78, 5) is 12.2. The first-order valence-electron chi connectivity index (χ1n) is 9.13. The van der Waals surface area contributed by atoms with Gasteiger partial charge >= 0.3 is 0 Å². The third-order valence-electron chi connectivity index (χ3n) is 5.02. The summed E-state index contributed by atoms with van der Waals surface area (Å²) in [5, 5.41) is 5.01. The summed E-state index contributed by atoms with van der Waals surface area (Å²) >= 11 is 3.56. The second kappa shape index (κ2) is 6.62. The second-order valence-corrected chi connectivity index (χ2v) is 10.2. The monoisotopic (exact) mass is 410 g/mol. The Hall–Kier alpha value is -2.34. The fourth-order valence-electron chi connectivity index (χ4n) is 3.60. The van der Waals surface area contributed by atoms with Crippen LogP contribution in [0.2, 0.25) is 0 Å². The van der Waals surface area contributed by atoms with Crippen LogP contribution in [0, 0.1) is 0 Å². The molecule has 0 fully saturated rings. The molecular formula is C23H14N2S2Si. The molecule has 5 heteroatoms. The lowest BCUT2D eigenvalue weighted by Crippen LogP contribution is -2.33. The molecule has 0 amide bonds. The fraction of sp³-hybridized carbons (Fsp3) is 0.0435. The van der Waals surface area contributed by atoms with E-state index in [1.54, 1.807) is 23.5 Å². The third-order valence-corrected chi connectivity index (χ3v) is 9.01. The van der Waals surface area contributed by atoms with Crippen molar-refractivity contribution in [1.29, 1.82) is 0 Å². The number of hydrogen-bond acceptors (Lipinski definition) is 4. The summed E-state index contributed by atoms with van der Waals surface area (Å²) in [6.07, 6.45) is 2.85. The van der Waals surface area contributed by atoms with Gasteiger partial charge < -0.3 is 0 Å². The molecule has 2 radical (unpaired) electrons. The SMILES string of the molecule is c1ccc2c(c1)Cc1ccc(-c3ccc4c(c3)Sc3ncccc3[Si]4)nc1S2. The van der Waals surface area contributed by atoms with E-state index in [1.807, 2.05) is 12.3 Å². The highest BCUT2D eigenvalue weighted by Gasteiger charge is 2.20. The molecule has 4 heterocycles. The summed E-state index contributed by atoms with van der Waals surface area (Å²) < 4.78 is 0. The van der Waals surface area contributed by atoms with E-state index in [9.17, 15) is 0 Å². The number of benzene rings is 2. The van der Waals surface area contributed by atoms with Crippen molar-refractivity contribution in [3.05, 3.63) is 84.1 Å². The quantitative estimate of drug-likeness (QED) is 0.377. The molecule has 0 atom stereocenters. The maximum Gasteiger partial charge on any atom is 0.126 e. The Morgan fingerprint density at radius 2 is 1.68 bits per heavy atom. The highest BCUT2D eigenvalue weighted by Crippen LogP contribution is 2.39. The molecule has 0 aliphatic carbocycles. The first-order valence-corrected chi connectivity index (χ1v) is 11.8. The van der Waals surface area contributed by atoms with Crippen LogP contribution in [0.25, 0.3) is 11.3 Å². The van der Waals surface area contributed by atoms with Crippen LogP contribution in [0.4, 0.5) is 0 Å². The largest absolute Gasteiger partial charge is 0.250 e. The molecule has 0 spiro atoms. The molecule has 132 valence electrons. The first kappa shape index (κ1) is 16.6. The fourth-order valence-corrected chi connectivity index (χ4v) is 7.12. The highest BCUT2D eigenvalue weighted by atomic mass is 32.2. The summed E-state index contributed by atoms with van der Waals surface area (Å²) in [6.45, 7) is 0. The lowest BCUT2D eigenvalue weighted by atomic mass is 10.0. The molecule has 28 heavy (non-hydrogen) atoms. The number of fused-ring (bicyclic) bond motifs is 4. The van der Waals surface area contributed by atoms with Crippen LogP contribution in [0.5, 0.6) is 0 Å². The predicted octanol–water partition coefficient (Wildman–Crippen LogP) is 4.32. The zero-order valence-electron chi connectivity index (χ0n) is 14.8. The molecule has 0 bridgehead atoms. The molecule has 0 saturated carbocycles.